The van der Waals surface area contributed by atoms with Gasteiger partial charge in [-0.3, -0.25) is 23.4 Å². The number of hydrogen-bond acceptors (Lipinski definition) is 10. The van der Waals surface area contributed by atoms with Crippen molar-refractivity contribution in [3.8, 4) is 0 Å². The number of aliphatic hydroxyl groups is 1. The number of rotatable bonds is 51. The molecule has 0 aromatic rings. The van der Waals surface area contributed by atoms with E-state index in [1.807, 2.05) is 24.3 Å². The average molecular weight is 1080 g/mol. The van der Waals surface area contributed by atoms with E-state index in [1.54, 1.807) is 0 Å². The first-order chi connectivity index (χ1) is 37.2. The molecule has 0 aromatic heterocycles. The molecule has 0 bridgehead atoms. The molecular weight excluding hydrogens is 976 g/mol. The standard InChI is InChI=1S/C64H101O11P/c1-4-7-10-13-16-19-22-24-26-28-30-32-34-36-39-41-44-47-50-53-62(66)71-57-61(75-64(68)55-52-49-46-43-40-37-35-33-31-29-27-25-23-20-17-14-11-8-5-2)59-73-76(69,70)72-58-60(56-65)74-63(67)54-51-48-45-42-38-21-18-15-12-9-6-3/h7-8,10-11,16-17,19-20,24-27,30-33,36-37,39-40,44,46-47,49,60-61,65H,4-6,9,12-15,18,21-23,28-29,34-35,38,41-43,45,48,50-59H2,1-3H3,(H,69,70)/b10-7-,11-8-,19-16-,20-17-,26-24-,27-25-,32-30-,33-31-,39-36-,40-37-,47-44-,49-46-. The summed E-state index contributed by atoms with van der Waals surface area (Å²) in [5, 5.41) is 9.79. The molecule has 0 radical (unpaired) electrons. The van der Waals surface area contributed by atoms with Crippen LogP contribution in [0.25, 0.3) is 0 Å². The molecule has 3 unspecified atom stereocenters. The third-order valence-corrected chi connectivity index (χ3v) is 12.2. The number of unbranched alkanes of at least 4 members (excludes halogenated alkanes) is 10. The Bertz CT molecular complexity index is 1830. The molecule has 11 nitrogen and oxygen atoms in total. The zero-order chi connectivity index (χ0) is 55.5. The van der Waals surface area contributed by atoms with Gasteiger partial charge in [0.1, 0.15) is 12.7 Å². The van der Waals surface area contributed by atoms with Crippen LogP contribution in [-0.2, 0) is 42.2 Å². The van der Waals surface area contributed by atoms with Crippen molar-refractivity contribution < 1.29 is 52.2 Å². The fraction of sp³-hybridized carbons (Fsp3) is 0.578. The summed E-state index contributed by atoms with van der Waals surface area (Å²) in [5.41, 5.74) is 0. The van der Waals surface area contributed by atoms with Crippen molar-refractivity contribution >= 4 is 25.7 Å². The van der Waals surface area contributed by atoms with Crippen LogP contribution in [0.5, 0.6) is 0 Å². The maximum atomic E-state index is 12.9. The number of esters is 3. The molecule has 0 aliphatic heterocycles. The van der Waals surface area contributed by atoms with Crippen LogP contribution >= 0.6 is 7.82 Å². The van der Waals surface area contributed by atoms with E-state index in [9.17, 15) is 28.9 Å². The number of allylic oxidation sites excluding steroid dienone is 24. The molecule has 0 rings (SSSR count). The van der Waals surface area contributed by atoms with Crippen LogP contribution in [0.15, 0.2) is 146 Å². The van der Waals surface area contributed by atoms with Crippen molar-refractivity contribution in [3.05, 3.63) is 146 Å². The first-order valence-electron chi connectivity index (χ1n) is 28.7. The van der Waals surface area contributed by atoms with Crippen molar-refractivity contribution in [2.75, 3.05) is 26.4 Å². The second kappa shape index (κ2) is 56.6. The lowest BCUT2D eigenvalue weighted by Crippen LogP contribution is -2.30. The average Bonchev–Trinajstić information content (AvgIpc) is 3.41. The van der Waals surface area contributed by atoms with Gasteiger partial charge < -0.3 is 24.2 Å². The number of carbonyl (C=O) groups excluding carboxylic acids is 3. The van der Waals surface area contributed by atoms with Crippen LogP contribution in [-0.4, -0.2) is 66.5 Å². The first-order valence-corrected chi connectivity index (χ1v) is 30.2. The molecule has 0 spiro atoms. The van der Waals surface area contributed by atoms with Gasteiger partial charge in [0.15, 0.2) is 6.10 Å². The Morgan fingerprint density at radius 1 is 0.382 bits per heavy atom. The molecule has 0 heterocycles. The van der Waals surface area contributed by atoms with E-state index >= 15 is 0 Å². The molecule has 428 valence electrons. The van der Waals surface area contributed by atoms with E-state index in [2.05, 4.69) is 142 Å². The molecule has 3 atom stereocenters. The van der Waals surface area contributed by atoms with Crippen LogP contribution in [0.2, 0.25) is 0 Å². The van der Waals surface area contributed by atoms with Crippen molar-refractivity contribution in [1.82, 2.24) is 0 Å². The molecule has 0 aromatic carbocycles. The highest BCUT2D eigenvalue weighted by atomic mass is 31.2. The largest absolute Gasteiger partial charge is 0.472 e. The fourth-order valence-corrected chi connectivity index (χ4v) is 7.78. The maximum absolute atomic E-state index is 12.9. The van der Waals surface area contributed by atoms with Gasteiger partial charge in [0.2, 0.25) is 0 Å². The molecule has 0 aliphatic rings. The fourth-order valence-electron chi connectivity index (χ4n) is 6.99. The summed E-state index contributed by atoms with van der Waals surface area (Å²) in [6.45, 7) is 4.21. The smallest absolute Gasteiger partial charge is 0.462 e. The Hall–Kier alpha value is -4.64. The summed E-state index contributed by atoms with van der Waals surface area (Å²) in [6, 6.07) is 0. The molecule has 0 saturated carbocycles. The van der Waals surface area contributed by atoms with Gasteiger partial charge in [-0.15, -0.1) is 0 Å². The minimum Gasteiger partial charge on any atom is -0.462 e. The maximum Gasteiger partial charge on any atom is 0.472 e. The number of aliphatic hydroxyl groups excluding tert-OH is 1. The zero-order valence-electron chi connectivity index (χ0n) is 47.2. The summed E-state index contributed by atoms with van der Waals surface area (Å²) in [6.07, 6.45) is 72.7. The Morgan fingerprint density at radius 2 is 0.684 bits per heavy atom. The predicted octanol–water partition coefficient (Wildman–Crippen LogP) is 17.1. The van der Waals surface area contributed by atoms with Gasteiger partial charge in [0, 0.05) is 19.3 Å². The number of hydrogen-bond donors (Lipinski definition) is 2. The quantitative estimate of drug-likeness (QED) is 0.0197. The number of carbonyl (C=O) groups is 3. The lowest BCUT2D eigenvalue weighted by Gasteiger charge is -2.21. The third kappa shape index (κ3) is 54.2. The Kier molecular flexibility index (Phi) is 53.1. The first kappa shape index (κ1) is 71.4. The highest BCUT2D eigenvalue weighted by molar-refractivity contribution is 7.47. The van der Waals surface area contributed by atoms with Crippen LogP contribution in [0.3, 0.4) is 0 Å². The van der Waals surface area contributed by atoms with Gasteiger partial charge in [0.25, 0.3) is 0 Å². The molecule has 76 heavy (non-hydrogen) atoms. The van der Waals surface area contributed by atoms with Crippen molar-refractivity contribution in [3.63, 3.8) is 0 Å². The minimum absolute atomic E-state index is 0.0192. The topological polar surface area (TPSA) is 155 Å². The molecular formula is C64H101O11P. The van der Waals surface area contributed by atoms with E-state index in [4.69, 9.17) is 23.3 Å². The molecule has 0 fully saturated rings. The van der Waals surface area contributed by atoms with Gasteiger partial charge >= 0.3 is 25.7 Å². The van der Waals surface area contributed by atoms with Gasteiger partial charge in [-0.2, -0.15) is 0 Å². The van der Waals surface area contributed by atoms with Crippen LogP contribution in [0, 0.1) is 0 Å². The predicted molar refractivity (Wildman–Crippen MR) is 316 cm³/mol. The number of phosphoric ester groups is 1. The lowest BCUT2D eigenvalue weighted by atomic mass is 10.1. The van der Waals surface area contributed by atoms with Gasteiger partial charge in [-0.05, 0) is 96.3 Å². The highest BCUT2D eigenvalue weighted by Crippen LogP contribution is 2.43. The van der Waals surface area contributed by atoms with Crippen molar-refractivity contribution in [2.24, 2.45) is 0 Å². The number of phosphoric acid groups is 1. The SMILES string of the molecule is CC/C=C\C/C=C\C/C=C\C/C=C\C/C=C\C/C=C\CCC(=O)OCC(COP(=O)(O)OCC(CO)OC(=O)CCCCCCCCCCCCC)OC(=O)CC/C=C\C/C=C\C/C=C\C/C=C\C/C=C\C/C=C\CC. The van der Waals surface area contributed by atoms with Crippen LogP contribution in [0.4, 0.5) is 0 Å². The minimum atomic E-state index is -4.79. The second-order valence-electron chi connectivity index (χ2n) is 18.3. The number of ether oxygens (including phenoxy) is 3. The summed E-state index contributed by atoms with van der Waals surface area (Å²) in [7, 11) is -4.79. The van der Waals surface area contributed by atoms with Crippen LogP contribution in [0.1, 0.15) is 201 Å². The molecule has 0 saturated heterocycles. The summed E-state index contributed by atoms with van der Waals surface area (Å²) in [4.78, 5) is 48.4. The second-order valence-corrected chi connectivity index (χ2v) is 19.8. The van der Waals surface area contributed by atoms with Gasteiger partial charge in [-0.1, -0.05) is 231 Å². The van der Waals surface area contributed by atoms with Crippen LogP contribution < -0.4 is 0 Å². The van der Waals surface area contributed by atoms with E-state index in [-0.39, 0.29) is 19.3 Å². The molecule has 0 aliphatic carbocycles. The summed E-state index contributed by atoms with van der Waals surface area (Å²) in [5.74, 6) is -1.69. The van der Waals surface area contributed by atoms with E-state index in [0.717, 1.165) is 89.9 Å². The normalized spacial score (nSPS) is 14.4. The highest BCUT2D eigenvalue weighted by Gasteiger charge is 2.28. The van der Waals surface area contributed by atoms with E-state index in [1.165, 1.54) is 44.9 Å². The summed E-state index contributed by atoms with van der Waals surface area (Å²) >= 11 is 0. The Morgan fingerprint density at radius 3 is 1.05 bits per heavy atom. The zero-order valence-corrected chi connectivity index (χ0v) is 48.0. The molecule has 2 N–H and O–H groups in total. The van der Waals surface area contributed by atoms with E-state index < -0.39 is 64.4 Å². The summed E-state index contributed by atoms with van der Waals surface area (Å²) < 4.78 is 39.3. The van der Waals surface area contributed by atoms with Crippen molar-refractivity contribution in [2.45, 2.75) is 213 Å². The van der Waals surface area contributed by atoms with Gasteiger partial charge in [-0.25, -0.2) is 4.57 Å². The molecule has 12 heteroatoms. The molecule has 0 amide bonds. The van der Waals surface area contributed by atoms with Crippen molar-refractivity contribution in [1.29, 1.82) is 0 Å². The third-order valence-electron chi connectivity index (χ3n) is 11.3. The van der Waals surface area contributed by atoms with E-state index in [0.29, 0.717) is 25.7 Å². The Balaban J connectivity index is 4.98. The monoisotopic (exact) mass is 1080 g/mol. The van der Waals surface area contributed by atoms with Gasteiger partial charge in [0.05, 0.1) is 19.8 Å². The lowest BCUT2D eigenvalue weighted by molar-refractivity contribution is -0.161. The Labute approximate surface area is 461 Å².